The number of carbonyl (C=O) groups is 2. The summed E-state index contributed by atoms with van der Waals surface area (Å²) in [5.74, 6) is 0.510. The van der Waals surface area contributed by atoms with Gasteiger partial charge in [-0.15, -0.1) is 0 Å². The topological polar surface area (TPSA) is 72.6 Å². The van der Waals surface area contributed by atoms with E-state index in [1.54, 1.807) is 23.1 Å². The Morgan fingerprint density at radius 2 is 2.00 bits per heavy atom. The first-order chi connectivity index (χ1) is 10.4. The van der Waals surface area contributed by atoms with Crippen LogP contribution in [-0.4, -0.2) is 29.9 Å². The lowest BCUT2D eigenvalue weighted by Gasteiger charge is -2.44. The second-order valence-electron chi connectivity index (χ2n) is 5.80. The molecule has 1 atom stereocenters. The molecule has 22 heavy (non-hydrogen) atoms. The molecule has 1 aromatic carbocycles. The maximum atomic E-state index is 13.0. The van der Waals surface area contributed by atoms with E-state index in [-0.39, 0.29) is 17.7 Å². The number of benzene rings is 1. The van der Waals surface area contributed by atoms with E-state index in [2.05, 4.69) is 0 Å². The fourth-order valence-corrected chi connectivity index (χ4v) is 2.83. The van der Waals surface area contributed by atoms with Gasteiger partial charge < -0.3 is 15.4 Å². The van der Waals surface area contributed by atoms with Crippen molar-refractivity contribution in [3.63, 3.8) is 0 Å². The molecule has 0 spiro atoms. The first kappa shape index (κ1) is 16.5. The molecule has 0 saturated heterocycles. The molecule has 0 bridgehead atoms. The van der Waals surface area contributed by atoms with E-state index in [0.29, 0.717) is 36.4 Å². The number of ether oxygens (including phenoxy) is 1. The summed E-state index contributed by atoms with van der Waals surface area (Å²) >= 11 is 0. The fourth-order valence-electron chi connectivity index (χ4n) is 2.83. The van der Waals surface area contributed by atoms with Crippen LogP contribution in [0, 0.1) is 0 Å². The molecule has 5 nitrogen and oxygen atoms in total. The third-order valence-electron chi connectivity index (χ3n) is 4.46. The molecule has 0 radical (unpaired) electrons. The summed E-state index contributed by atoms with van der Waals surface area (Å²) in [6, 6.07) is 5.07. The van der Waals surface area contributed by atoms with Crippen molar-refractivity contribution in [2.75, 3.05) is 11.4 Å². The Bertz CT molecular complexity index is 594. The van der Waals surface area contributed by atoms with Gasteiger partial charge in [0.25, 0.3) is 5.91 Å². The van der Waals surface area contributed by atoms with Crippen molar-refractivity contribution in [3.05, 3.63) is 23.8 Å². The number of hydrogen-bond acceptors (Lipinski definition) is 4. The molecular weight excluding hydrogens is 280 g/mol. The largest absolute Gasteiger partial charge is 0.475 e. The second-order valence-corrected chi connectivity index (χ2v) is 5.80. The van der Waals surface area contributed by atoms with Crippen LogP contribution < -0.4 is 15.4 Å². The number of anilines is 1. The molecule has 120 valence electrons. The molecule has 1 amide bonds. The predicted molar refractivity (Wildman–Crippen MR) is 86.4 cm³/mol. The molecule has 2 N–H and O–H groups in total. The van der Waals surface area contributed by atoms with Crippen molar-refractivity contribution in [1.82, 2.24) is 0 Å². The Morgan fingerprint density at radius 1 is 1.36 bits per heavy atom. The highest BCUT2D eigenvalue weighted by Gasteiger charge is 2.47. The van der Waals surface area contributed by atoms with E-state index >= 15 is 0 Å². The molecule has 2 rings (SSSR count). The van der Waals surface area contributed by atoms with Crippen LogP contribution in [0.4, 0.5) is 5.69 Å². The van der Waals surface area contributed by atoms with E-state index < -0.39 is 5.60 Å². The van der Waals surface area contributed by atoms with Crippen LogP contribution in [0.3, 0.4) is 0 Å². The highest BCUT2D eigenvalue weighted by Crippen LogP contribution is 2.42. The summed E-state index contributed by atoms with van der Waals surface area (Å²) in [6.45, 7) is 7.65. The maximum Gasteiger partial charge on any atom is 0.271 e. The van der Waals surface area contributed by atoms with Gasteiger partial charge in [0.15, 0.2) is 11.4 Å². The lowest BCUT2D eigenvalue weighted by atomic mass is 9.91. The average Bonchev–Trinajstić information content (AvgIpc) is 2.53. The molecule has 0 fully saturated rings. The number of Topliss-reactive ketones (excluding diaryl/α,β-unsaturated/α-hetero) is 1. The van der Waals surface area contributed by atoms with Gasteiger partial charge in [0.05, 0.1) is 5.69 Å². The van der Waals surface area contributed by atoms with Crippen LogP contribution in [-0.2, 0) is 4.79 Å². The summed E-state index contributed by atoms with van der Waals surface area (Å²) in [7, 11) is 0. The predicted octanol–water partition coefficient (Wildman–Crippen LogP) is 2.52. The van der Waals surface area contributed by atoms with Gasteiger partial charge in [-0.1, -0.05) is 13.8 Å². The second kappa shape index (κ2) is 6.08. The average molecular weight is 304 g/mol. The molecule has 1 aliphatic rings. The Kier molecular flexibility index (Phi) is 4.56. The lowest BCUT2D eigenvalue weighted by Crippen LogP contribution is -2.59. The number of carbonyl (C=O) groups excluding carboxylic acids is 2. The highest BCUT2D eigenvalue weighted by molar-refractivity contribution is 6.05. The van der Waals surface area contributed by atoms with Gasteiger partial charge in [0.2, 0.25) is 0 Å². The highest BCUT2D eigenvalue weighted by atomic mass is 16.5. The van der Waals surface area contributed by atoms with E-state index in [1.165, 1.54) is 6.92 Å². The van der Waals surface area contributed by atoms with Crippen molar-refractivity contribution in [3.8, 4) is 5.75 Å². The summed E-state index contributed by atoms with van der Waals surface area (Å²) in [5.41, 5.74) is 6.13. The van der Waals surface area contributed by atoms with Crippen molar-refractivity contribution in [2.45, 2.75) is 52.2 Å². The summed E-state index contributed by atoms with van der Waals surface area (Å²) in [6.07, 6.45) is 1.17. The summed E-state index contributed by atoms with van der Waals surface area (Å²) in [4.78, 5) is 26.3. The molecular formula is C17H24N2O3. The monoisotopic (exact) mass is 304 g/mol. The van der Waals surface area contributed by atoms with Crippen LogP contribution in [0.15, 0.2) is 18.2 Å². The quantitative estimate of drug-likeness (QED) is 0.848. The van der Waals surface area contributed by atoms with Crippen molar-refractivity contribution in [1.29, 1.82) is 0 Å². The zero-order valence-electron chi connectivity index (χ0n) is 13.7. The van der Waals surface area contributed by atoms with Crippen molar-refractivity contribution in [2.24, 2.45) is 5.73 Å². The van der Waals surface area contributed by atoms with E-state index in [1.807, 2.05) is 20.8 Å². The Hall–Kier alpha value is -1.88. The summed E-state index contributed by atoms with van der Waals surface area (Å²) in [5, 5.41) is 0. The van der Waals surface area contributed by atoms with Gasteiger partial charge in [-0.3, -0.25) is 9.59 Å². The Balaban J connectivity index is 2.62. The third kappa shape index (κ3) is 2.50. The van der Waals surface area contributed by atoms with E-state index in [9.17, 15) is 9.59 Å². The first-order valence-corrected chi connectivity index (χ1v) is 7.78. The number of rotatable bonds is 5. The molecule has 0 aromatic heterocycles. The van der Waals surface area contributed by atoms with Gasteiger partial charge in [-0.05, 0) is 44.9 Å². The molecule has 5 heteroatoms. The molecule has 0 saturated carbocycles. The minimum atomic E-state index is -0.853. The number of hydrogen-bond donors (Lipinski definition) is 1. The van der Waals surface area contributed by atoms with Crippen molar-refractivity contribution < 1.29 is 14.3 Å². The molecule has 0 aliphatic carbocycles. The fraction of sp³-hybridized carbons (Fsp3) is 0.529. The minimum absolute atomic E-state index is 0.0431. The molecule has 1 aromatic rings. The molecule has 1 unspecified atom stereocenters. The Morgan fingerprint density at radius 3 is 2.50 bits per heavy atom. The number of ketones is 1. The molecule has 1 aliphatic heterocycles. The van der Waals surface area contributed by atoms with Crippen LogP contribution in [0.5, 0.6) is 5.75 Å². The molecule has 1 heterocycles. The SMILES string of the molecule is CCC1(CC)Oc2ccc(C(C)=O)cc2N(C(C)CN)C1=O. The van der Waals surface area contributed by atoms with Crippen LogP contribution >= 0.6 is 0 Å². The zero-order chi connectivity index (χ0) is 16.5. The Labute approximate surface area is 131 Å². The van der Waals surface area contributed by atoms with Crippen molar-refractivity contribution >= 4 is 17.4 Å². The number of fused-ring (bicyclic) bond motifs is 1. The first-order valence-electron chi connectivity index (χ1n) is 7.78. The normalized spacial score (nSPS) is 17.7. The number of nitrogens with two attached hydrogens (primary N) is 1. The van der Waals surface area contributed by atoms with Crippen LogP contribution in [0.25, 0.3) is 0 Å². The van der Waals surface area contributed by atoms with Gasteiger partial charge in [-0.25, -0.2) is 0 Å². The van der Waals surface area contributed by atoms with Crippen LogP contribution in [0.1, 0.15) is 50.9 Å². The van der Waals surface area contributed by atoms with Gasteiger partial charge in [0.1, 0.15) is 5.75 Å². The number of nitrogens with zero attached hydrogens (tertiary/aromatic N) is 1. The van der Waals surface area contributed by atoms with E-state index in [0.717, 1.165) is 0 Å². The third-order valence-corrected chi connectivity index (χ3v) is 4.46. The minimum Gasteiger partial charge on any atom is -0.475 e. The van der Waals surface area contributed by atoms with E-state index in [4.69, 9.17) is 10.5 Å². The lowest BCUT2D eigenvalue weighted by molar-refractivity contribution is -0.136. The van der Waals surface area contributed by atoms with Gasteiger partial charge in [-0.2, -0.15) is 0 Å². The summed E-state index contributed by atoms with van der Waals surface area (Å²) < 4.78 is 6.05. The smallest absolute Gasteiger partial charge is 0.271 e. The zero-order valence-corrected chi connectivity index (χ0v) is 13.7. The maximum absolute atomic E-state index is 13.0. The van der Waals surface area contributed by atoms with Gasteiger partial charge in [0, 0.05) is 18.2 Å². The standard InChI is InChI=1S/C17H24N2O3/c1-5-17(6-2)16(21)19(11(3)10-18)14-9-13(12(4)20)7-8-15(14)22-17/h7-9,11H,5-6,10,18H2,1-4H3. The van der Waals surface area contributed by atoms with Crippen LogP contribution in [0.2, 0.25) is 0 Å². The van der Waals surface area contributed by atoms with Gasteiger partial charge >= 0.3 is 0 Å². The number of amides is 1.